The zero-order valence-electron chi connectivity index (χ0n) is 9.62. The largest absolute Gasteiger partial charge is 0.478 e. The molecular weight excluding hydrogens is 266 g/mol. The second-order valence-electron chi connectivity index (χ2n) is 4.01. The molecule has 0 bridgehead atoms. The summed E-state index contributed by atoms with van der Waals surface area (Å²) in [4.78, 5) is 10.9. The van der Waals surface area contributed by atoms with Crippen LogP contribution in [0.2, 0.25) is 5.02 Å². The van der Waals surface area contributed by atoms with E-state index in [0.717, 1.165) is 16.8 Å². The maximum absolute atomic E-state index is 10.9. The van der Waals surface area contributed by atoms with Crippen LogP contribution >= 0.6 is 11.6 Å². The molecule has 2 aromatic heterocycles. The Morgan fingerprint density at radius 2 is 2.00 bits per heavy atom. The van der Waals surface area contributed by atoms with Crippen molar-refractivity contribution in [2.45, 2.75) is 0 Å². The Labute approximate surface area is 113 Å². The van der Waals surface area contributed by atoms with E-state index in [4.69, 9.17) is 16.7 Å². The van der Waals surface area contributed by atoms with E-state index in [0.29, 0.717) is 0 Å². The van der Waals surface area contributed by atoms with Crippen LogP contribution in [0.15, 0.2) is 42.9 Å². The predicted octanol–water partition coefficient (Wildman–Crippen LogP) is 2.75. The fourth-order valence-electron chi connectivity index (χ4n) is 1.87. The molecule has 3 aromatic rings. The van der Waals surface area contributed by atoms with E-state index in [2.05, 4.69) is 10.2 Å². The van der Waals surface area contributed by atoms with Crippen LogP contribution < -0.4 is 0 Å². The number of carboxylic acid groups (broad SMARTS) is 1. The summed E-state index contributed by atoms with van der Waals surface area (Å²) in [6.45, 7) is 0. The van der Waals surface area contributed by atoms with Crippen molar-refractivity contribution in [2.24, 2.45) is 0 Å². The minimum Gasteiger partial charge on any atom is -0.478 e. The minimum atomic E-state index is -1.04. The van der Waals surface area contributed by atoms with Crippen molar-refractivity contribution < 1.29 is 9.90 Å². The van der Waals surface area contributed by atoms with Crippen LogP contribution in [0.3, 0.4) is 0 Å². The van der Waals surface area contributed by atoms with Crippen LogP contribution in [-0.4, -0.2) is 25.7 Å². The van der Waals surface area contributed by atoms with Gasteiger partial charge in [-0.15, -0.1) is 10.2 Å². The Bertz CT molecular complexity index is 782. The molecule has 5 nitrogen and oxygen atoms in total. The molecular formula is C13H8ClN3O2. The molecule has 0 fully saturated rings. The van der Waals surface area contributed by atoms with E-state index >= 15 is 0 Å². The second kappa shape index (κ2) is 4.37. The molecule has 0 atom stereocenters. The SMILES string of the molecule is O=C(O)c1ccc(-c2ccc3nncn3c2)cc1Cl. The number of rotatable bonds is 2. The van der Waals surface area contributed by atoms with Crippen molar-refractivity contribution in [1.29, 1.82) is 0 Å². The molecule has 0 aliphatic rings. The number of hydrogen-bond acceptors (Lipinski definition) is 3. The maximum Gasteiger partial charge on any atom is 0.337 e. The van der Waals surface area contributed by atoms with Gasteiger partial charge < -0.3 is 5.11 Å². The Hall–Kier alpha value is -2.40. The van der Waals surface area contributed by atoms with Crippen molar-refractivity contribution >= 4 is 23.2 Å². The summed E-state index contributed by atoms with van der Waals surface area (Å²) in [6, 6.07) is 8.57. The highest BCUT2D eigenvalue weighted by molar-refractivity contribution is 6.33. The van der Waals surface area contributed by atoms with Crippen LogP contribution in [0.25, 0.3) is 16.8 Å². The third kappa shape index (κ3) is 2.04. The van der Waals surface area contributed by atoms with Gasteiger partial charge in [0.2, 0.25) is 0 Å². The number of fused-ring (bicyclic) bond motifs is 1. The summed E-state index contributed by atoms with van der Waals surface area (Å²) < 4.78 is 1.79. The Kier molecular flexibility index (Phi) is 2.68. The number of halogens is 1. The molecule has 0 unspecified atom stereocenters. The summed E-state index contributed by atoms with van der Waals surface area (Å²) in [5, 5.41) is 16.9. The number of benzene rings is 1. The predicted molar refractivity (Wildman–Crippen MR) is 70.4 cm³/mol. The average Bonchev–Trinajstić information content (AvgIpc) is 2.85. The van der Waals surface area contributed by atoms with Gasteiger partial charge in [-0.25, -0.2) is 4.79 Å². The van der Waals surface area contributed by atoms with E-state index in [9.17, 15) is 4.79 Å². The Morgan fingerprint density at radius 3 is 2.74 bits per heavy atom. The van der Waals surface area contributed by atoms with Gasteiger partial charge in [-0.2, -0.15) is 0 Å². The molecule has 0 spiro atoms. The van der Waals surface area contributed by atoms with Gasteiger partial charge in [-0.1, -0.05) is 17.7 Å². The highest BCUT2D eigenvalue weighted by Gasteiger charge is 2.10. The second-order valence-corrected chi connectivity index (χ2v) is 4.42. The smallest absolute Gasteiger partial charge is 0.337 e. The Balaban J connectivity index is 2.10. The lowest BCUT2D eigenvalue weighted by Gasteiger charge is -2.05. The molecule has 94 valence electrons. The summed E-state index contributed by atoms with van der Waals surface area (Å²) in [7, 11) is 0. The first kappa shape index (κ1) is 11.7. The number of aromatic nitrogens is 3. The number of hydrogen-bond donors (Lipinski definition) is 1. The van der Waals surface area contributed by atoms with Gasteiger partial charge in [0, 0.05) is 6.20 Å². The molecule has 3 rings (SSSR count). The quantitative estimate of drug-likeness (QED) is 0.779. The van der Waals surface area contributed by atoms with Gasteiger partial charge in [0.25, 0.3) is 0 Å². The van der Waals surface area contributed by atoms with Gasteiger partial charge >= 0.3 is 5.97 Å². The summed E-state index contributed by atoms with van der Waals surface area (Å²) >= 11 is 5.96. The molecule has 1 N–H and O–H groups in total. The molecule has 6 heteroatoms. The van der Waals surface area contributed by atoms with Crippen LogP contribution in [0.4, 0.5) is 0 Å². The number of pyridine rings is 1. The highest BCUT2D eigenvalue weighted by Crippen LogP contribution is 2.25. The van der Waals surface area contributed by atoms with Crippen molar-refractivity contribution in [3.63, 3.8) is 0 Å². The monoisotopic (exact) mass is 273 g/mol. The van der Waals surface area contributed by atoms with Crippen molar-refractivity contribution in [3.05, 3.63) is 53.4 Å². The average molecular weight is 274 g/mol. The highest BCUT2D eigenvalue weighted by atomic mass is 35.5. The van der Waals surface area contributed by atoms with E-state index in [1.807, 2.05) is 18.3 Å². The summed E-state index contributed by atoms with van der Waals surface area (Å²) in [5.74, 6) is -1.04. The Morgan fingerprint density at radius 1 is 1.21 bits per heavy atom. The topological polar surface area (TPSA) is 67.5 Å². The van der Waals surface area contributed by atoms with Crippen LogP contribution in [-0.2, 0) is 0 Å². The lowest BCUT2D eigenvalue weighted by Crippen LogP contribution is -1.97. The van der Waals surface area contributed by atoms with Gasteiger partial charge in [0.1, 0.15) is 6.33 Å². The van der Waals surface area contributed by atoms with Crippen molar-refractivity contribution in [3.8, 4) is 11.1 Å². The fraction of sp³-hybridized carbons (Fsp3) is 0. The molecule has 19 heavy (non-hydrogen) atoms. The molecule has 0 saturated carbocycles. The first-order chi connectivity index (χ1) is 9.15. The number of aromatic carboxylic acids is 1. The van der Waals surface area contributed by atoms with Gasteiger partial charge in [-0.05, 0) is 35.4 Å². The van der Waals surface area contributed by atoms with Crippen LogP contribution in [0.1, 0.15) is 10.4 Å². The number of carboxylic acids is 1. The molecule has 0 aliphatic carbocycles. The molecule has 0 amide bonds. The van der Waals surface area contributed by atoms with Gasteiger partial charge in [-0.3, -0.25) is 4.40 Å². The lowest BCUT2D eigenvalue weighted by molar-refractivity contribution is 0.0697. The number of nitrogens with zero attached hydrogens (tertiary/aromatic N) is 3. The third-order valence-corrected chi connectivity index (χ3v) is 3.14. The van der Waals surface area contributed by atoms with Crippen LogP contribution in [0.5, 0.6) is 0 Å². The minimum absolute atomic E-state index is 0.0933. The zero-order valence-corrected chi connectivity index (χ0v) is 10.4. The maximum atomic E-state index is 10.9. The fourth-order valence-corrected chi connectivity index (χ4v) is 2.13. The van der Waals surface area contributed by atoms with E-state index in [1.54, 1.807) is 22.9 Å². The molecule has 1 aromatic carbocycles. The molecule has 2 heterocycles. The van der Waals surface area contributed by atoms with Crippen molar-refractivity contribution in [1.82, 2.24) is 14.6 Å². The molecule has 0 radical (unpaired) electrons. The molecule has 0 saturated heterocycles. The van der Waals surface area contributed by atoms with Crippen molar-refractivity contribution in [2.75, 3.05) is 0 Å². The molecule has 0 aliphatic heterocycles. The van der Waals surface area contributed by atoms with Gasteiger partial charge in [0.15, 0.2) is 5.65 Å². The van der Waals surface area contributed by atoms with E-state index in [1.165, 1.54) is 6.07 Å². The normalized spacial score (nSPS) is 10.8. The first-order valence-corrected chi connectivity index (χ1v) is 5.85. The lowest BCUT2D eigenvalue weighted by atomic mass is 10.1. The summed E-state index contributed by atoms with van der Waals surface area (Å²) in [5.41, 5.74) is 2.59. The standard InChI is InChI=1S/C13H8ClN3O2/c14-11-5-8(1-3-10(11)13(18)19)9-2-4-12-16-15-7-17(12)6-9/h1-7H,(H,18,19). The van der Waals surface area contributed by atoms with E-state index in [-0.39, 0.29) is 10.6 Å². The van der Waals surface area contributed by atoms with E-state index < -0.39 is 5.97 Å². The number of carbonyl (C=O) groups is 1. The third-order valence-electron chi connectivity index (χ3n) is 2.82. The van der Waals surface area contributed by atoms with Gasteiger partial charge in [0.05, 0.1) is 10.6 Å². The first-order valence-electron chi connectivity index (χ1n) is 5.48. The van der Waals surface area contributed by atoms with Crippen LogP contribution in [0, 0.1) is 0 Å². The summed E-state index contributed by atoms with van der Waals surface area (Å²) in [6.07, 6.45) is 3.47. The zero-order chi connectivity index (χ0) is 13.4.